The highest BCUT2D eigenvalue weighted by atomic mass is 35.5. The van der Waals surface area contributed by atoms with Gasteiger partial charge in [-0.2, -0.15) is 0 Å². The number of aromatic amines is 1. The molecule has 0 atom stereocenters. The van der Waals surface area contributed by atoms with Crippen molar-refractivity contribution in [3.63, 3.8) is 0 Å². The molecule has 2 aromatic carbocycles. The van der Waals surface area contributed by atoms with Gasteiger partial charge in [0.25, 0.3) is 0 Å². The highest BCUT2D eigenvalue weighted by Gasteiger charge is 2.09. The fraction of sp³-hybridized carbons (Fsp3) is 0.286. The number of H-pyrrole nitrogens is 1. The molecule has 3 aromatic rings. The maximum Gasteiger partial charge on any atom is 0.225 e. The Bertz CT molecular complexity index is 894. The number of para-hydroxylation sites is 1. The largest absolute Gasteiger partial charge is 0.361 e. The number of anilines is 1. The number of aromatic nitrogens is 1. The number of amides is 1. The van der Waals surface area contributed by atoms with Crippen molar-refractivity contribution >= 4 is 34.1 Å². The van der Waals surface area contributed by atoms with Crippen LogP contribution >= 0.6 is 11.6 Å². The highest BCUT2D eigenvalue weighted by molar-refractivity contribution is 6.34. The quantitative estimate of drug-likeness (QED) is 0.533. The maximum absolute atomic E-state index is 12.2. The first-order valence-electron chi connectivity index (χ1n) is 8.87. The van der Waals surface area contributed by atoms with Crippen molar-refractivity contribution in [1.29, 1.82) is 0 Å². The molecule has 5 heteroatoms. The summed E-state index contributed by atoms with van der Waals surface area (Å²) in [7, 11) is 0. The van der Waals surface area contributed by atoms with E-state index >= 15 is 0 Å². The SMILES string of the molecule is Cc1cc(C)c(NC(=O)CCNCCc2c[nH]c3ccccc23)c(Cl)c1. The van der Waals surface area contributed by atoms with E-state index in [4.69, 9.17) is 11.6 Å². The third kappa shape index (κ3) is 4.45. The van der Waals surface area contributed by atoms with Gasteiger partial charge in [-0.05, 0) is 55.6 Å². The average molecular weight is 370 g/mol. The van der Waals surface area contributed by atoms with Gasteiger partial charge in [-0.1, -0.05) is 35.9 Å². The van der Waals surface area contributed by atoms with E-state index in [0.29, 0.717) is 23.7 Å². The first-order chi connectivity index (χ1) is 12.5. The van der Waals surface area contributed by atoms with Gasteiger partial charge >= 0.3 is 0 Å². The zero-order chi connectivity index (χ0) is 18.5. The first kappa shape index (κ1) is 18.5. The number of hydrogen-bond acceptors (Lipinski definition) is 2. The predicted molar refractivity (Wildman–Crippen MR) is 109 cm³/mol. The molecule has 3 rings (SSSR count). The smallest absolute Gasteiger partial charge is 0.225 e. The summed E-state index contributed by atoms with van der Waals surface area (Å²) in [6, 6.07) is 12.2. The summed E-state index contributed by atoms with van der Waals surface area (Å²) < 4.78 is 0. The molecule has 0 fully saturated rings. The van der Waals surface area contributed by atoms with Crippen LogP contribution in [0.2, 0.25) is 5.02 Å². The van der Waals surface area contributed by atoms with E-state index < -0.39 is 0 Å². The van der Waals surface area contributed by atoms with Crippen molar-refractivity contribution in [3.8, 4) is 0 Å². The van der Waals surface area contributed by atoms with Crippen LogP contribution in [0.15, 0.2) is 42.6 Å². The molecular weight excluding hydrogens is 346 g/mol. The minimum atomic E-state index is -0.0292. The number of fused-ring (bicyclic) bond motifs is 1. The molecule has 1 aromatic heterocycles. The van der Waals surface area contributed by atoms with Crippen LogP contribution in [-0.2, 0) is 11.2 Å². The lowest BCUT2D eigenvalue weighted by atomic mass is 10.1. The molecular formula is C21H24ClN3O. The standard InChI is InChI=1S/C21H24ClN3O/c1-14-11-15(2)21(18(22)12-14)25-20(26)8-10-23-9-7-16-13-24-19-6-4-3-5-17(16)19/h3-6,11-13,23-24H,7-10H2,1-2H3,(H,25,26). The normalized spacial score (nSPS) is 11.0. The number of carbonyl (C=O) groups is 1. The number of hydrogen-bond donors (Lipinski definition) is 3. The topological polar surface area (TPSA) is 56.9 Å². The van der Waals surface area contributed by atoms with E-state index in [-0.39, 0.29) is 5.91 Å². The minimum Gasteiger partial charge on any atom is -0.361 e. The lowest BCUT2D eigenvalue weighted by molar-refractivity contribution is -0.116. The second-order valence-electron chi connectivity index (χ2n) is 6.60. The molecule has 1 amide bonds. The monoisotopic (exact) mass is 369 g/mol. The minimum absolute atomic E-state index is 0.0292. The third-order valence-electron chi connectivity index (χ3n) is 4.47. The van der Waals surface area contributed by atoms with E-state index in [1.807, 2.05) is 32.0 Å². The van der Waals surface area contributed by atoms with Crippen LogP contribution in [0, 0.1) is 13.8 Å². The fourth-order valence-corrected chi connectivity index (χ4v) is 3.53. The molecule has 26 heavy (non-hydrogen) atoms. The van der Waals surface area contributed by atoms with Crippen molar-refractivity contribution in [2.24, 2.45) is 0 Å². The van der Waals surface area contributed by atoms with E-state index in [9.17, 15) is 4.79 Å². The van der Waals surface area contributed by atoms with Gasteiger partial charge in [-0.25, -0.2) is 0 Å². The van der Waals surface area contributed by atoms with Gasteiger partial charge < -0.3 is 15.6 Å². The van der Waals surface area contributed by atoms with Crippen molar-refractivity contribution in [2.45, 2.75) is 26.7 Å². The Kier molecular flexibility index (Phi) is 5.96. The van der Waals surface area contributed by atoms with Crippen molar-refractivity contribution in [2.75, 3.05) is 18.4 Å². The molecule has 0 aliphatic carbocycles. The third-order valence-corrected chi connectivity index (χ3v) is 4.77. The number of benzene rings is 2. The van der Waals surface area contributed by atoms with Crippen molar-refractivity contribution in [1.82, 2.24) is 10.3 Å². The number of nitrogens with one attached hydrogen (secondary N) is 3. The summed E-state index contributed by atoms with van der Waals surface area (Å²) in [5, 5.41) is 8.10. The Morgan fingerprint density at radius 2 is 1.96 bits per heavy atom. The summed E-state index contributed by atoms with van der Waals surface area (Å²) >= 11 is 6.23. The maximum atomic E-state index is 12.2. The molecule has 136 valence electrons. The fourth-order valence-electron chi connectivity index (χ4n) is 3.16. The van der Waals surface area contributed by atoms with E-state index in [1.165, 1.54) is 10.9 Å². The van der Waals surface area contributed by atoms with Crippen LogP contribution in [0.3, 0.4) is 0 Å². The van der Waals surface area contributed by atoms with Crippen LogP contribution in [0.1, 0.15) is 23.1 Å². The Balaban J connectivity index is 1.43. The Morgan fingerprint density at radius 1 is 1.15 bits per heavy atom. The van der Waals surface area contributed by atoms with Crippen LogP contribution in [-0.4, -0.2) is 24.0 Å². The first-order valence-corrected chi connectivity index (χ1v) is 9.24. The van der Waals surface area contributed by atoms with Gasteiger partial charge in [0, 0.05) is 30.1 Å². The van der Waals surface area contributed by atoms with Crippen molar-refractivity contribution in [3.05, 3.63) is 64.3 Å². The summed E-state index contributed by atoms with van der Waals surface area (Å²) in [6.07, 6.45) is 3.40. The average Bonchev–Trinajstić information content (AvgIpc) is 3.01. The zero-order valence-corrected chi connectivity index (χ0v) is 15.9. The van der Waals surface area contributed by atoms with Gasteiger partial charge in [0.15, 0.2) is 0 Å². The molecule has 0 radical (unpaired) electrons. The molecule has 0 aliphatic rings. The zero-order valence-electron chi connectivity index (χ0n) is 15.2. The van der Waals surface area contributed by atoms with E-state index in [1.54, 1.807) is 0 Å². The number of carbonyl (C=O) groups excluding carboxylic acids is 1. The number of aryl methyl sites for hydroxylation is 2. The molecule has 3 N–H and O–H groups in total. The van der Waals surface area contributed by atoms with Gasteiger partial charge in [0.2, 0.25) is 5.91 Å². The lowest BCUT2D eigenvalue weighted by Gasteiger charge is -2.12. The predicted octanol–water partition coefficient (Wildman–Crippen LogP) is 4.60. The summed E-state index contributed by atoms with van der Waals surface area (Å²) in [5.41, 5.74) is 5.23. The Hall–Kier alpha value is -2.30. The van der Waals surface area contributed by atoms with Crippen LogP contribution in [0.5, 0.6) is 0 Å². The van der Waals surface area contributed by atoms with Gasteiger partial charge in [0.05, 0.1) is 10.7 Å². The summed E-state index contributed by atoms with van der Waals surface area (Å²) in [4.78, 5) is 15.4. The second kappa shape index (κ2) is 8.39. The van der Waals surface area contributed by atoms with Gasteiger partial charge in [-0.15, -0.1) is 0 Å². The summed E-state index contributed by atoms with van der Waals surface area (Å²) in [6.45, 7) is 5.41. The molecule has 0 saturated carbocycles. The number of rotatable bonds is 7. The van der Waals surface area contributed by atoms with E-state index in [0.717, 1.165) is 29.6 Å². The lowest BCUT2D eigenvalue weighted by Crippen LogP contribution is -2.23. The van der Waals surface area contributed by atoms with Crippen LogP contribution in [0.4, 0.5) is 5.69 Å². The Morgan fingerprint density at radius 3 is 2.77 bits per heavy atom. The van der Waals surface area contributed by atoms with Crippen LogP contribution < -0.4 is 10.6 Å². The second-order valence-corrected chi connectivity index (χ2v) is 7.00. The number of halogens is 1. The van der Waals surface area contributed by atoms with Gasteiger partial charge in [0.1, 0.15) is 0 Å². The van der Waals surface area contributed by atoms with E-state index in [2.05, 4.69) is 40.0 Å². The molecule has 0 aliphatic heterocycles. The highest BCUT2D eigenvalue weighted by Crippen LogP contribution is 2.27. The van der Waals surface area contributed by atoms with Crippen molar-refractivity contribution < 1.29 is 4.79 Å². The molecule has 0 spiro atoms. The Labute approximate surface area is 158 Å². The van der Waals surface area contributed by atoms with Crippen LogP contribution in [0.25, 0.3) is 10.9 Å². The molecule has 0 unspecified atom stereocenters. The van der Waals surface area contributed by atoms with Gasteiger partial charge in [-0.3, -0.25) is 4.79 Å². The molecule has 0 saturated heterocycles. The molecule has 1 heterocycles. The molecule has 4 nitrogen and oxygen atoms in total. The summed E-state index contributed by atoms with van der Waals surface area (Å²) in [5.74, 6) is -0.0292. The molecule has 0 bridgehead atoms.